The van der Waals surface area contributed by atoms with E-state index in [0.717, 1.165) is 32.2 Å². The molecule has 2 heterocycles. The van der Waals surface area contributed by atoms with Crippen LogP contribution in [-0.2, 0) is 16.1 Å². The van der Waals surface area contributed by atoms with Crippen LogP contribution in [0.1, 0.15) is 36.6 Å². The number of alkyl halides is 3. The average Bonchev–Trinajstić information content (AvgIpc) is 3.38. The van der Waals surface area contributed by atoms with Crippen molar-refractivity contribution in [1.29, 1.82) is 0 Å². The normalized spacial score (nSPS) is 14.8. The molecule has 0 amide bonds. The first-order valence-electron chi connectivity index (χ1n) is 15.1. The van der Waals surface area contributed by atoms with Gasteiger partial charge in [0.05, 0.1) is 33.8 Å². The van der Waals surface area contributed by atoms with E-state index in [9.17, 15) is 22.8 Å². The van der Waals surface area contributed by atoms with Gasteiger partial charge in [0.15, 0.2) is 22.0 Å². The fraction of sp³-hybridized carbons (Fsp3) is 0.194. The number of hydrogen-bond acceptors (Lipinski definition) is 7. The molecule has 0 radical (unpaired) electrons. The van der Waals surface area contributed by atoms with Crippen LogP contribution in [-0.4, -0.2) is 29.9 Å². The van der Waals surface area contributed by atoms with E-state index < -0.39 is 35.0 Å². The van der Waals surface area contributed by atoms with E-state index in [2.05, 4.69) is 20.9 Å². The number of hydrogen-bond donors (Lipinski definition) is 0. The van der Waals surface area contributed by atoms with Gasteiger partial charge in [0.1, 0.15) is 6.61 Å². The molecule has 0 aliphatic carbocycles. The molecule has 1 aliphatic heterocycles. The van der Waals surface area contributed by atoms with Crippen LogP contribution in [0, 0.1) is 0 Å². The predicted octanol–water partition coefficient (Wildman–Crippen LogP) is 7.89. The van der Waals surface area contributed by atoms with Crippen molar-refractivity contribution >= 4 is 61.7 Å². The molecule has 0 N–H and O–H groups in total. The Labute approximate surface area is 295 Å². The highest BCUT2D eigenvalue weighted by Crippen LogP contribution is 2.40. The molecule has 1 aromatic heterocycles. The Bertz CT molecular complexity index is 2280. The van der Waals surface area contributed by atoms with Crippen LogP contribution in [0.15, 0.2) is 104 Å². The molecule has 252 valence electrons. The van der Waals surface area contributed by atoms with Gasteiger partial charge in [-0.05, 0) is 87.6 Å². The van der Waals surface area contributed by atoms with Crippen molar-refractivity contribution in [1.82, 2.24) is 4.57 Å². The van der Waals surface area contributed by atoms with Gasteiger partial charge in [-0.25, -0.2) is 9.79 Å². The van der Waals surface area contributed by atoms with Gasteiger partial charge >= 0.3 is 12.1 Å². The zero-order valence-electron chi connectivity index (χ0n) is 26.0. The highest BCUT2D eigenvalue weighted by Gasteiger charge is 2.45. The Balaban J connectivity index is 1.45. The summed E-state index contributed by atoms with van der Waals surface area (Å²) in [6.07, 6.45) is -3.48. The van der Waals surface area contributed by atoms with Crippen LogP contribution in [0.4, 0.5) is 13.2 Å². The molecule has 4 aromatic carbocycles. The molecule has 0 spiro atoms. The van der Waals surface area contributed by atoms with Crippen LogP contribution in [0.25, 0.3) is 16.8 Å². The number of ether oxygens (including phenoxy) is 3. The lowest BCUT2D eigenvalue weighted by molar-refractivity contribution is -0.140. The fourth-order valence-electron chi connectivity index (χ4n) is 5.59. The fourth-order valence-corrected chi connectivity index (χ4v) is 7.30. The number of benzene rings is 4. The summed E-state index contributed by atoms with van der Waals surface area (Å²) in [6.45, 7) is 3.70. The lowest BCUT2D eigenvalue weighted by Crippen LogP contribution is -2.41. The van der Waals surface area contributed by atoms with E-state index in [1.807, 2.05) is 49.4 Å². The Morgan fingerprint density at radius 3 is 2.47 bits per heavy atom. The third-order valence-electron chi connectivity index (χ3n) is 7.66. The second-order valence-electron chi connectivity index (χ2n) is 10.8. The Hall–Kier alpha value is -4.39. The average molecular weight is 772 g/mol. The SMILES string of the molecule is CCOC(=O)C1=C(C(F)(F)F)N=c2s/c(=C\c3cc(Br)c(OCc4cccc5ccccc45)c(OCC)c3)c(=O)n2[C@@H]1c1ccc(Cl)cc1. The molecule has 1 aliphatic rings. The van der Waals surface area contributed by atoms with Crippen LogP contribution >= 0.6 is 38.9 Å². The summed E-state index contributed by atoms with van der Waals surface area (Å²) in [4.78, 5) is 30.7. The number of rotatable bonds is 9. The van der Waals surface area contributed by atoms with Gasteiger partial charge in [0.2, 0.25) is 0 Å². The van der Waals surface area contributed by atoms with Crippen LogP contribution in [0.5, 0.6) is 11.5 Å². The number of halogens is 5. The number of aromatic nitrogens is 1. The zero-order chi connectivity index (χ0) is 34.9. The lowest BCUT2D eigenvalue weighted by Gasteiger charge is -2.26. The summed E-state index contributed by atoms with van der Waals surface area (Å²) in [6, 6.07) is 21.8. The van der Waals surface area contributed by atoms with Crippen molar-refractivity contribution in [2.45, 2.75) is 32.7 Å². The van der Waals surface area contributed by atoms with Gasteiger partial charge in [-0.1, -0.05) is 77.5 Å². The number of esters is 1. The first-order chi connectivity index (χ1) is 23.5. The van der Waals surface area contributed by atoms with Crippen molar-refractivity contribution in [2.75, 3.05) is 13.2 Å². The largest absolute Gasteiger partial charge is 0.490 e. The van der Waals surface area contributed by atoms with Gasteiger partial charge in [0, 0.05) is 5.02 Å². The molecular formula is C36H27BrClF3N2O5S. The van der Waals surface area contributed by atoms with E-state index in [-0.39, 0.29) is 28.1 Å². The van der Waals surface area contributed by atoms with E-state index in [1.54, 1.807) is 12.1 Å². The third kappa shape index (κ3) is 7.03. The maximum atomic E-state index is 14.4. The Kier molecular flexibility index (Phi) is 10.0. The Morgan fingerprint density at radius 1 is 1.02 bits per heavy atom. The van der Waals surface area contributed by atoms with Crippen molar-refractivity contribution in [2.24, 2.45) is 4.99 Å². The molecule has 6 rings (SSSR count). The molecule has 0 saturated heterocycles. The molecule has 0 bridgehead atoms. The summed E-state index contributed by atoms with van der Waals surface area (Å²) >= 11 is 10.4. The number of fused-ring (bicyclic) bond motifs is 2. The lowest BCUT2D eigenvalue weighted by atomic mass is 9.95. The maximum absolute atomic E-state index is 14.4. The standard InChI is InChI=1S/C36H27BrClF3N2O5S/c1-3-46-27-17-20(16-26(37)31(27)48-19-23-10-7-9-21-8-5-6-11-25(21)23)18-28-33(44)43-30(22-12-14-24(38)15-13-22)29(34(45)47-4-2)32(36(39,40)41)42-35(43)49-28/h5-18,30H,3-4,19H2,1-2H3/b28-18-/t30-/m1/s1. The number of thiazole rings is 1. The monoisotopic (exact) mass is 770 g/mol. The molecule has 49 heavy (non-hydrogen) atoms. The van der Waals surface area contributed by atoms with Crippen LogP contribution < -0.4 is 24.4 Å². The van der Waals surface area contributed by atoms with Crippen molar-refractivity contribution < 1.29 is 32.2 Å². The number of carbonyl (C=O) groups is 1. The molecular weight excluding hydrogens is 745 g/mol. The van der Waals surface area contributed by atoms with E-state index >= 15 is 0 Å². The van der Waals surface area contributed by atoms with Crippen molar-refractivity contribution in [3.63, 3.8) is 0 Å². The van der Waals surface area contributed by atoms with Crippen LogP contribution in [0.3, 0.4) is 0 Å². The summed E-state index contributed by atoms with van der Waals surface area (Å²) < 4.78 is 62.2. The number of allylic oxidation sites excluding steroid dienone is 1. The van der Waals surface area contributed by atoms with Gasteiger partial charge in [-0.2, -0.15) is 13.2 Å². The van der Waals surface area contributed by atoms with E-state index in [1.165, 1.54) is 37.3 Å². The minimum Gasteiger partial charge on any atom is -0.490 e. The number of nitrogens with zero attached hydrogens (tertiary/aromatic N) is 2. The molecule has 13 heteroatoms. The number of carbonyl (C=O) groups excluding carboxylic acids is 1. The van der Waals surface area contributed by atoms with Crippen LogP contribution in [0.2, 0.25) is 5.02 Å². The second-order valence-corrected chi connectivity index (χ2v) is 13.1. The first-order valence-corrected chi connectivity index (χ1v) is 17.1. The summed E-state index contributed by atoms with van der Waals surface area (Å²) in [5.74, 6) is -0.374. The molecule has 0 fully saturated rings. The molecule has 5 aromatic rings. The predicted molar refractivity (Wildman–Crippen MR) is 186 cm³/mol. The van der Waals surface area contributed by atoms with Gasteiger partial charge in [-0.3, -0.25) is 9.36 Å². The van der Waals surface area contributed by atoms with Crippen molar-refractivity contribution in [3.05, 3.63) is 136 Å². The molecule has 0 unspecified atom stereocenters. The van der Waals surface area contributed by atoms with Crippen molar-refractivity contribution in [3.8, 4) is 11.5 Å². The van der Waals surface area contributed by atoms with Gasteiger partial charge in [-0.15, -0.1) is 0 Å². The second kappa shape index (κ2) is 14.2. The highest BCUT2D eigenvalue weighted by molar-refractivity contribution is 9.10. The summed E-state index contributed by atoms with van der Waals surface area (Å²) in [5.41, 5.74) is -1.13. The minimum absolute atomic E-state index is 0.0862. The first kappa shape index (κ1) is 34.5. The topological polar surface area (TPSA) is 79.1 Å². The minimum atomic E-state index is -5.01. The molecule has 0 saturated carbocycles. The Morgan fingerprint density at radius 2 is 1.76 bits per heavy atom. The maximum Gasteiger partial charge on any atom is 0.434 e. The van der Waals surface area contributed by atoms with Gasteiger partial charge in [0.25, 0.3) is 5.56 Å². The quantitative estimate of drug-likeness (QED) is 0.143. The molecule has 1 atom stereocenters. The zero-order valence-corrected chi connectivity index (χ0v) is 29.2. The van der Waals surface area contributed by atoms with E-state index in [0.29, 0.717) is 33.2 Å². The molecule has 7 nitrogen and oxygen atoms in total. The smallest absolute Gasteiger partial charge is 0.434 e. The summed E-state index contributed by atoms with van der Waals surface area (Å²) in [7, 11) is 0. The van der Waals surface area contributed by atoms with E-state index in [4.69, 9.17) is 25.8 Å². The summed E-state index contributed by atoms with van der Waals surface area (Å²) in [5, 5.41) is 2.47. The third-order valence-corrected chi connectivity index (χ3v) is 9.49. The van der Waals surface area contributed by atoms with Gasteiger partial charge < -0.3 is 14.2 Å². The highest BCUT2D eigenvalue weighted by atomic mass is 79.9.